The first-order valence-electron chi connectivity index (χ1n) is 19.9. The van der Waals surface area contributed by atoms with E-state index >= 15 is 0 Å². The van der Waals surface area contributed by atoms with Gasteiger partial charge in [0.25, 0.3) is 7.82 Å². The molecule has 0 aromatic heterocycles. The molecule has 0 aliphatic heterocycles. The summed E-state index contributed by atoms with van der Waals surface area (Å²) in [6, 6.07) is -0.790. The third-order valence-corrected chi connectivity index (χ3v) is 10.1. The van der Waals surface area contributed by atoms with E-state index in [0.29, 0.717) is 23.9 Å². The zero-order valence-corrected chi connectivity index (χ0v) is 32.6. The number of phosphoric ester groups is 1. The molecule has 1 unspecified atom stereocenters. The number of quaternary nitrogens is 1. The van der Waals surface area contributed by atoms with Crippen molar-refractivity contribution in [3.05, 3.63) is 0 Å². The predicted molar refractivity (Wildman–Crippen MR) is 196 cm³/mol. The lowest BCUT2D eigenvalue weighted by atomic mass is 10.0. The van der Waals surface area contributed by atoms with Gasteiger partial charge in [0.1, 0.15) is 13.2 Å². The number of aliphatic hydroxyl groups excluding tert-OH is 1. The van der Waals surface area contributed by atoms with E-state index < -0.39 is 20.0 Å². The Morgan fingerprint density at radius 2 is 1.04 bits per heavy atom. The minimum absolute atomic E-state index is 0.0156. The maximum Gasteiger partial charge on any atom is 0.268 e. The van der Waals surface area contributed by atoms with Gasteiger partial charge in [-0.1, -0.05) is 168 Å². The highest BCUT2D eigenvalue weighted by atomic mass is 31.2. The van der Waals surface area contributed by atoms with Crippen molar-refractivity contribution >= 4 is 13.7 Å². The number of phosphoric acid groups is 1. The highest BCUT2D eigenvalue weighted by Gasteiger charge is 2.24. The van der Waals surface area contributed by atoms with E-state index in [1.807, 2.05) is 21.1 Å². The molecule has 8 nitrogen and oxygen atoms in total. The van der Waals surface area contributed by atoms with Crippen LogP contribution in [0.4, 0.5) is 0 Å². The molecular formula is C38H79N2O6P. The van der Waals surface area contributed by atoms with Gasteiger partial charge < -0.3 is 28.8 Å². The highest BCUT2D eigenvalue weighted by molar-refractivity contribution is 7.45. The van der Waals surface area contributed by atoms with Crippen molar-refractivity contribution in [2.45, 2.75) is 199 Å². The number of carbonyl (C=O) groups excluding carboxylic acids is 1. The molecule has 0 fully saturated rings. The Bertz CT molecular complexity index is 748. The molecule has 9 heteroatoms. The Balaban J connectivity index is 4.40. The van der Waals surface area contributed by atoms with Crippen LogP contribution in [0.1, 0.15) is 187 Å². The van der Waals surface area contributed by atoms with Crippen LogP contribution < -0.4 is 10.2 Å². The molecule has 2 N–H and O–H groups in total. The van der Waals surface area contributed by atoms with Crippen LogP contribution in [0, 0.1) is 0 Å². The molecule has 47 heavy (non-hydrogen) atoms. The van der Waals surface area contributed by atoms with Gasteiger partial charge in [-0.05, 0) is 12.8 Å². The number of nitrogens with zero attached hydrogens (tertiary/aromatic N) is 1. The van der Waals surface area contributed by atoms with Gasteiger partial charge in [0.15, 0.2) is 0 Å². The van der Waals surface area contributed by atoms with Crippen molar-refractivity contribution in [2.24, 2.45) is 0 Å². The second-order valence-corrected chi connectivity index (χ2v) is 16.4. The van der Waals surface area contributed by atoms with Crippen LogP contribution in [-0.4, -0.2) is 68.5 Å². The maximum absolute atomic E-state index is 12.8. The SMILES string of the molecule is CCCCCCCCCCCCCCCCC[C@@H](O)[C@H](COP(=O)([O-])OCC[N+](C)(C)C)NC(=O)CCCCCCCCCCCC. The average Bonchev–Trinajstić information content (AvgIpc) is 3.01. The second-order valence-electron chi connectivity index (χ2n) is 15.0. The summed E-state index contributed by atoms with van der Waals surface area (Å²) < 4.78 is 23.2. The predicted octanol–water partition coefficient (Wildman–Crippen LogP) is 9.61. The number of aliphatic hydroxyl groups is 1. The molecule has 0 rings (SSSR count). The van der Waals surface area contributed by atoms with Crippen molar-refractivity contribution in [3.63, 3.8) is 0 Å². The van der Waals surface area contributed by atoms with E-state index in [2.05, 4.69) is 19.2 Å². The molecule has 0 aliphatic rings. The molecule has 3 atom stereocenters. The van der Waals surface area contributed by atoms with Crippen molar-refractivity contribution in [2.75, 3.05) is 40.9 Å². The van der Waals surface area contributed by atoms with Crippen molar-refractivity contribution in [1.29, 1.82) is 0 Å². The third-order valence-electron chi connectivity index (χ3n) is 9.10. The quantitative estimate of drug-likeness (QED) is 0.0385. The summed E-state index contributed by atoms with van der Waals surface area (Å²) in [6.45, 7) is 4.70. The molecule has 0 heterocycles. The van der Waals surface area contributed by atoms with Gasteiger partial charge in [-0.3, -0.25) is 9.36 Å². The molecule has 0 aromatic carbocycles. The van der Waals surface area contributed by atoms with Gasteiger partial charge in [0.05, 0.1) is 39.9 Å². The van der Waals surface area contributed by atoms with Crippen LogP contribution in [0.25, 0.3) is 0 Å². The molecular weight excluding hydrogens is 611 g/mol. The van der Waals surface area contributed by atoms with E-state index in [1.165, 1.54) is 122 Å². The smallest absolute Gasteiger partial charge is 0.268 e. The maximum atomic E-state index is 12.8. The summed E-state index contributed by atoms with van der Waals surface area (Å²) in [7, 11) is 1.31. The Kier molecular flexibility index (Phi) is 31.1. The summed E-state index contributed by atoms with van der Waals surface area (Å²) in [5.41, 5.74) is 0. The van der Waals surface area contributed by atoms with Gasteiger partial charge in [0, 0.05) is 6.42 Å². The molecule has 1 amide bonds. The van der Waals surface area contributed by atoms with Gasteiger partial charge in [-0.2, -0.15) is 0 Å². The number of rotatable bonds is 36. The number of amides is 1. The second kappa shape index (κ2) is 31.5. The summed E-state index contributed by atoms with van der Waals surface area (Å²) in [5, 5.41) is 13.8. The zero-order valence-electron chi connectivity index (χ0n) is 31.8. The lowest BCUT2D eigenvalue weighted by molar-refractivity contribution is -0.870. The number of hydrogen-bond donors (Lipinski definition) is 2. The van der Waals surface area contributed by atoms with E-state index in [4.69, 9.17) is 9.05 Å². The Morgan fingerprint density at radius 1 is 0.660 bits per heavy atom. The number of unbranched alkanes of at least 4 members (excludes halogenated alkanes) is 23. The largest absolute Gasteiger partial charge is 0.756 e. The van der Waals surface area contributed by atoms with Crippen molar-refractivity contribution < 1.29 is 32.9 Å². The fourth-order valence-corrected chi connectivity index (χ4v) is 6.59. The molecule has 0 bridgehead atoms. The Hall–Kier alpha value is -0.500. The van der Waals surface area contributed by atoms with Crippen molar-refractivity contribution in [1.82, 2.24) is 5.32 Å². The normalized spacial score (nSPS) is 14.6. The van der Waals surface area contributed by atoms with Gasteiger partial charge in [-0.15, -0.1) is 0 Å². The van der Waals surface area contributed by atoms with E-state index in [1.54, 1.807) is 0 Å². The van der Waals surface area contributed by atoms with E-state index in [0.717, 1.165) is 38.5 Å². The summed E-state index contributed by atoms with van der Waals surface area (Å²) in [5.74, 6) is -0.166. The third kappa shape index (κ3) is 33.8. The van der Waals surface area contributed by atoms with Gasteiger partial charge in [-0.25, -0.2) is 0 Å². The fraction of sp³-hybridized carbons (Fsp3) is 0.974. The minimum atomic E-state index is -4.55. The van der Waals surface area contributed by atoms with Crippen molar-refractivity contribution in [3.8, 4) is 0 Å². The first-order chi connectivity index (χ1) is 22.5. The van der Waals surface area contributed by atoms with Crippen LogP contribution in [0.15, 0.2) is 0 Å². The van der Waals surface area contributed by atoms with Crippen LogP contribution in [-0.2, 0) is 18.4 Å². The Morgan fingerprint density at radius 3 is 1.45 bits per heavy atom. The summed E-state index contributed by atoms with van der Waals surface area (Å²) in [6.07, 6.45) is 31.0. The molecule has 0 radical (unpaired) electrons. The molecule has 0 aromatic rings. The molecule has 0 saturated heterocycles. The molecule has 0 saturated carbocycles. The number of hydrogen-bond acceptors (Lipinski definition) is 6. The number of nitrogens with one attached hydrogen (secondary N) is 1. The monoisotopic (exact) mass is 691 g/mol. The standard InChI is InChI=1S/C38H79N2O6P/c1-6-8-10-12-14-16-18-19-20-21-22-23-25-27-29-31-37(41)36(35-46-47(43,44)45-34-33-40(3,4)5)39-38(42)32-30-28-26-24-17-15-13-11-9-7-2/h36-37,41H,6-35H2,1-5H3,(H-,39,42,43,44)/t36-,37+/m0/s1. The summed E-state index contributed by atoms with van der Waals surface area (Å²) in [4.78, 5) is 25.1. The van der Waals surface area contributed by atoms with E-state index in [-0.39, 0.29) is 19.1 Å². The number of likely N-dealkylation sites (N-methyl/N-ethyl adjacent to an activating group) is 1. The van der Waals surface area contributed by atoms with Gasteiger partial charge >= 0.3 is 0 Å². The Labute approximate surface area is 291 Å². The average molecular weight is 691 g/mol. The lowest BCUT2D eigenvalue weighted by Crippen LogP contribution is -2.46. The highest BCUT2D eigenvalue weighted by Crippen LogP contribution is 2.38. The fourth-order valence-electron chi connectivity index (χ4n) is 5.86. The topological polar surface area (TPSA) is 108 Å². The molecule has 0 spiro atoms. The van der Waals surface area contributed by atoms with E-state index in [9.17, 15) is 19.4 Å². The van der Waals surface area contributed by atoms with Gasteiger partial charge in [0.2, 0.25) is 5.91 Å². The summed E-state index contributed by atoms with van der Waals surface area (Å²) >= 11 is 0. The first-order valence-corrected chi connectivity index (χ1v) is 21.3. The van der Waals surface area contributed by atoms with Crippen LogP contribution in [0.3, 0.4) is 0 Å². The molecule has 282 valence electrons. The van der Waals surface area contributed by atoms with Crippen LogP contribution in [0.2, 0.25) is 0 Å². The van der Waals surface area contributed by atoms with Crippen LogP contribution >= 0.6 is 7.82 Å². The minimum Gasteiger partial charge on any atom is -0.756 e. The lowest BCUT2D eigenvalue weighted by Gasteiger charge is -2.30. The number of carbonyl (C=O) groups is 1. The zero-order chi connectivity index (χ0) is 35.1. The van der Waals surface area contributed by atoms with Crippen LogP contribution in [0.5, 0.6) is 0 Å². The first kappa shape index (κ1) is 46.5. The molecule has 0 aliphatic carbocycles.